The van der Waals surface area contributed by atoms with E-state index in [1.807, 2.05) is 27.7 Å². The number of rotatable bonds is 0. The Morgan fingerprint density at radius 3 is 1.73 bits per heavy atom. The summed E-state index contributed by atoms with van der Waals surface area (Å²) in [5, 5.41) is 0. The van der Waals surface area contributed by atoms with Crippen LogP contribution in [-0.2, 0) is 6.18 Å². The van der Waals surface area contributed by atoms with Gasteiger partial charge in [-0.2, -0.15) is 13.2 Å². The first-order valence-corrected chi connectivity index (χ1v) is 5.00. The van der Waals surface area contributed by atoms with Crippen molar-refractivity contribution in [2.45, 2.75) is 40.8 Å². The standard InChI is InChI=1S/C7H6F3N.2C2H6/c1-5-2-3-6(11-4-5)7(8,9)10;2*1-2/h2-4H,1H3;2*1-2H3. The molecule has 1 aromatic rings. The highest BCUT2D eigenvalue weighted by Crippen LogP contribution is 2.26. The zero-order valence-corrected chi connectivity index (χ0v) is 9.81. The molecule has 15 heavy (non-hydrogen) atoms. The first kappa shape index (κ1) is 16.4. The summed E-state index contributed by atoms with van der Waals surface area (Å²) in [5.74, 6) is 0. The highest BCUT2D eigenvalue weighted by Gasteiger charge is 2.31. The maximum atomic E-state index is 11.9. The Hall–Kier alpha value is -1.06. The summed E-state index contributed by atoms with van der Waals surface area (Å²) in [6, 6.07) is 2.35. The lowest BCUT2D eigenvalue weighted by molar-refractivity contribution is -0.141. The van der Waals surface area contributed by atoms with Crippen molar-refractivity contribution in [3.8, 4) is 0 Å². The molecule has 0 fully saturated rings. The Labute approximate surface area is 89.3 Å². The van der Waals surface area contributed by atoms with Gasteiger partial charge in [0.25, 0.3) is 0 Å². The number of aryl methyl sites for hydroxylation is 1. The quantitative estimate of drug-likeness (QED) is 0.630. The van der Waals surface area contributed by atoms with Crippen LogP contribution in [0.5, 0.6) is 0 Å². The fraction of sp³-hybridized carbons (Fsp3) is 0.545. The molecular weight excluding hydrogens is 203 g/mol. The van der Waals surface area contributed by atoms with Gasteiger partial charge in [-0.05, 0) is 18.6 Å². The maximum Gasteiger partial charge on any atom is 0.433 e. The van der Waals surface area contributed by atoms with Gasteiger partial charge in [0.05, 0.1) is 0 Å². The van der Waals surface area contributed by atoms with Crippen LogP contribution in [0.25, 0.3) is 0 Å². The fourth-order valence-corrected chi connectivity index (χ4v) is 0.635. The first-order valence-electron chi connectivity index (χ1n) is 5.00. The van der Waals surface area contributed by atoms with Crippen molar-refractivity contribution in [2.24, 2.45) is 0 Å². The number of pyridine rings is 1. The Kier molecular flexibility index (Phi) is 9.02. The van der Waals surface area contributed by atoms with Crippen LogP contribution in [-0.4, -0.2) is 4.98 Å². The molecule has 1 nitrogen and oxygen atoms in total. The van der Waals surface area contributed by atoms with Crippen LogP contribution in [0.1, 0.15) is 39.0 Å². The summed E-state index contributed by atoms with van der Waals surface area (Å²) in [7, 11) is 0. The zero-order chi connectivity index (χ0) is 12.5. The van der Waals surface area contributed by atoms with Crippen LogP contribution in [0.4, 0.5) is 13.2 Å². The van der Waals surface area contributed by atoms with Crippen LogP contribution >= 0.6 is 0 Å². The summed E-state index contributed by atoms with van der Waals surface area (Å²) in [5.41, 5.74) is -0.124. The number of hydrogen-bond acceptors (Lipinski definition) is 1. The van der Waals surface area contributed by atoms with Gasteiger partial charge in [0.15, 0.2) is 0 Å². The molecule has 0 atom stereocenters. The van der Waals surface area contributed by atoms with Crippen LogP contribution in [0.2, 0.25) is 0 Å². The third-order valence-corrected chi connectivity index (χ3v) is 1.20. The Bertz CT molecular complexity index is 239. The SMILES string of the molecule is CC.CC.Cc1ccc(C(F)(F)F)nc1. The molecule has 0 amide bonds. The van der Waals surface area contributed by atoms with Gasteiger partial charge in [-0.3, -0.25) is 4.98 Å². The molecule has 1 aromatic heterocycles. The smallest absolute Gasteiger partial charge is 0.252 e. The normalized spacial score (nSPS) is 9.33. The molecule has 0 spiro atoms. The van der Waals surface area contributed by atoms with Crippen molar-refractivity contribution in [3.63, 3.8) is 0 Å². The fourth-order valence-electron chi connectivity index (χ4n) is 0.635. The Morgan fingerprint density at radius 2 is 1.47 bits per heavy atom. The molecule has 0 bridgehead atoms. The van der Waals surface area contributed by atoms with Gasteiger partial charge in [-0.1, -0.05) is 33.8 Å². The van der Waals surface area contributed by atoms with E-state index in [4.69, 9.17) is 0 Å². The summed E-state index contributed by atoms with van der Waals surface area (Å²) in [4.78, 5) is 3.22. The lowest BCUT2D eigenvalue weighted by atomic mass is 10.3. The van der Waals surface area contributed by atoms with Gasteiger partial charge >= 0.3 is 6.18 Å². The molecule has 1 rings (SSSR count). The van der Waals surface area contributed by atoms with E-state index in [1.165, 1.54) is 12.3 Å². The molecule has 4 heteroatoms. The number of aromatic nitrogens is 1. The van der Waals surface area contributed by atoms with Gasteiger partial charge in [-0.15, -0.1) is 0 Å². The molecule has 0 aliphatic heterocycles. The van der Waals surface area contributed by atoms with Gasteiger partial charge in [0.2, 0.25) is 0 Å². The minimum Gasteiger partial charge on any atom is -0.252 e. The molecule has 0 saturated heterocycles. The average Bonchev–Trinajstić information content (AvgIpc) is 2.23. The molecule has 0 aromatic carbocycles. The van der Waals surface area contributed by atoms with E-state index in [0.717, 1.165) is 11.6 Å². The molecule has 0 unspecified atom stereocenters. The van der Waals surface area contributed by atoms with Crippen molar-refractivity contribution in [1.82, 2.24) is 4.98 Å². The predicted octanol–water partition coefficient (Wildman–Crippen LogP) is 4.46. The van der Waals surface area contributed by atoms with Crippen LogP contribution in [0, 0.1) is 6.92 Å². The van der Waals surface area contributed by atoms with E-state index in [0.29, 0.717) is 0 Å². The minimum atomic E-state index is -4.33. The minimum absolute atomic E-state index is 0.720. The van der Waals surface area contributed by atoms with Gasteiger partial charge in [0, 0.05) is 6.20 Å². The molecule has 88 valence electrons. The van der Waals surface area contributed by atoms with E-state index < -0.39 is 11.9 Å². The maximum absolute atomic E-state index is 11.9. The van der Waals surface area contributed by atoms with Gasteiger partial charge in [0.1, 0.15) is 5.69 Å². The van der Waals surface area contributed by atoms with Crippen LogP contribution in [0.15, 0.2) is 18.3 Å². The third-order valence-electron chi connectivity index (χ3n) is 1.20. The molecule has 0 aliphatic rings. The lowest BCUT2D eigenvalue weighted by Crippen LogP contribution is -2.07. The number of alkyl halides is 3. The lowest BCUT2D eigenvalue weighted by Gasteiger charge is -2.03. The van der Waals surface area contributed by atoms with Crippen molar-refractivity contribution in [1.29, 1.82) is 0 Å². The second-order valence-corrected chi connectivity index (χ2v) is 2.22. The average molecular weight is 221 g/mol. The van der Waals surface area contributed by atoms with Crippen molar-refractivity contribution < 1.29 is 13.2 Å². The summed E-state index contributed by atoms with van der Waals surface area (Å²) in [6.45, 7) is 9.69. The van der Waals surface area contributed by atoms with Gasteiger partial charge < -0.3 is 0 Å². The van der Waals surface area contributed by atoms with Crippen molar-refractivity contribution in [2.75, 3.05) is 0 Å². The van der Waals surface area contributed by atoms with E-state index in [2.05, 4.69) is 4.98 Å². The molecule has 0 aliphatic carbocycles. The van der Waals surface area contributed by atoms with E-state index in [-0.39, 0.29) is 0 Å². The zero-order valence-electron chi connectivity index (χ0n) is 9.81. The monoisotopic (exact) mass is 221 g/mol. The van der Waals surface area contributed by atoms with Crippen molar-refractivity contribution in [3.05, 3.63) is 29.6 Å². The van der Waals surface area contributed by atoms with Crippen LogP contribution < -0.4 is 0 Å². The Morgan fingerprint density at radius 1 is 1.00 bits per heavy atom. The number of halogens is 3. The molecule has 0 saturated carbocycles. The molecule has 0 N–H and O–H groups in total. The van der Waals surface area contributed by atoms with Crippen molar-refractivity contribution >= 4 is 0 Å². The van der Waals surface area contributed by atoms with E-state index in [1.54, 1.807) is 6.92 Å². The molecule has 1 heterocycles. The largest absolute Gasteiger partial charge is 0.433 e. The highest BCUT2D eigenvalue weighted by atomic mass is 19.4. The second kappa shape index (κ2) is 8.26. The Balaban J connectivity index is 0. The third kappa shape index (κ3) is 6.94. The van der Waals surface area contributed by atoms with Gasteiger partial charge in [-0.25, -0.2) is 0 Å². The molecule has 0 radical (unpaired) electrons. The second-order valence-electron chi connectivity index (χ2n) is 2.22. The predicted molar refractivity (Wildman–Crippen MR) is 56.7 cm³/mol. The van der Waals surface area contributed by atoms with E-state index >= 15 is 0 Å². The molecular formula is C11H18F3N. The summed E-state index contributed by atoms with van der Waals surface area (Å²) >= 11 is 0. The number of nitrogens with zero attached hydrogens (tertiary/aromatic N) is 1. The topological polar surface area (TPSA) is 12.9 Å². The van der Waals surface area contributed by atoms with E-state index in [9.17, 15) is 13.2 Å². The summed E-state index contributed by atoms with van der Waals surface area (Å²) in [6.07, 6.45) is -3.13. The highest BCUT2D eigenvalue weighted by molar-refractivity contribution is 5.14. The summed E-state index contributed by atoms with van der Waals surface area (Å²) < 4.78 is 35.6. The number of hydrogen-bond donors (Lipinski definition) is 0. The first-order chi connectivity index (χ1) is 7.00. The van der Waals surface area contributed by atoms with Crippen LogP contribution in [0.3, 0.4) is 0 Å².